The lowest BCUT2D eigenvalue weighted by molar-refractivity contribution is 0.386. The number of ether oxygens (including phenoxy) is 1. The summed E-state index contributed by atoms with van der Waals surface area (Å²) in [6.07, 6.45) is 1.37. The Kier molecular flexibility index (Phi) is 4.80. The first-order valence-corrected chi connectivity index (χ1v) is 6.72. The van der Waals surface area contributed by atoms with Gasteiger partial charge in [-0.15, -0.1) is 0 Å². The summed E-state index contributed by atoms with van der Waals surface area (Å²) in [6, 6.07) is 4.65. The Morgan fingerprint density at radius 1 is 1.33 bits per heavy atom. The van der Waals surface area contributed by atoms with E-state index in [0.717, 1.165) is 5.56 Å². The summed E-state index contributed by atoms with van der Waals surface area (Å²) in [5.74, 6) is 0.367. The first-order chi connectivity index (χ1) is 10.1. The molecule has 21 heavy (non-hydrogen) atoms. The van der Waals surface area contributed by atoms with Gasteiger partial charge in [-0.1, -0.05) is 17.7 Å². The number of aromatic nitrogens is 2. The monoisotopic (exact) mass is 310 g/mol. The largest absolute Gasteiger partial charge is 0.494 e. The highest BCUT2D eigenvalue weighted by Gasteiger charge is 2.14. The SMILES string of the molecule is CNc1c(Cl)ncnc1NC(C)c1ccc(OC)c(F)c1. The first-order valence-electron chi connectivity index (χ1n) is 6.35. The highest BCUT2D eigenvalue weighted by molar-refractivity contribution is 6.32. The van der Waals surface area contributed by atoms with Crippen LogP contribution in [0.25, 0.3) is 0 Å². The molecular formula is C14H16ClFN4O. The molecule has 2 aromatic rings. The van der Waals surface area contributed by atoms with Crippen molar-refractivity contribution in [2.75, 3.05) is 24.8 Å². The fourth-order valence-electron chi connectivity index (χ4n) is 1.94. The third-order valence-corrected chi connectivity index (χ3v) is 3.37. The number of hydrogen-bond donors (Lipinski definition) is 2. The maximum Gasteiger partial charge on any atom is 0.165 e. The molecule has 0 spiro atoms. The molecule has 0 saturated carbocycles. The van der Waals surface area contributed by atoms with E-state index >= 15 is 0 Å². The predicted octanol–water partition coefficient (Wildman–Crippen LogP) is 3.49. The van der Waals surface area contributed by atoms with Crippen LogP contribution in [0.15, 0.2) is 24.5 Å². The topological polar surface area (TPSA) is 59.1 Å². The minimum Gasteiger partial charge on any atom is -0.494 e. The second kappa shape index (κ2) is 6.58. The van der Waals surface area contributed by atoms with Gasteiger partial charge in [0, 0.05) is 7.05 Å². The van der Waals surface area contributed by atoms with Gasteiger partial charge in [-0.05, 0) is 24.6 Å². The lowest BCUT2D eigenvalue weighted by Gasteiger charge is -2.18. The average Bonchev–Trinajstić information content (AvgIpc) is 2.47. The number of methoxy groups -OCH3 is 1. The maximum atomic E-state index is 13.7. The van der Waals surface area contributed by atoms with Gasteiger partial charge < -0.3 is 15.4 Å². The van der Waals surface area contributed by atoms with Crippen LogP contribution in [0.2, 0.25) is 5.15 Å². The molecule has 0 amide bonds. The molecule has 0 saturated heterocycles. The number of rotatable bonds is 5. The number of nitrogens with one attached hydrogen (secondary N) is 2. The smallest absolute Gasteiger partial charge is 0.165 e. The Morgan fingerprint density at radius 3 is 2.71 bits per heavy atom. The zero-order valence-electron chi connectivity index (χ0n) is 11.9. The van der Waals surface area contributed by atoms with E-state index in [2.05, 4.69) is 20.6 Å². The van der Waals surface area contributed by atoms with Crippen molar-refractivity contribution in [3.05, 3.63) is 41.1 Å². The van der Waals surface area contributed by atoms with Crippen molar-refractivity contribution in [3.63, 3.8) is 0 Å². The van der Waals surface area contributed by atoms with Gasteiger partial charge in [0.25, 0.3) is 0 Å². The molecule has 112 valence electrons. The molecule has 0 radical (unpaired) electrons. The number of nitrogens with zero attached hydrogens (tertiary/aromatic N) is 2. The Hall–Kier alpha value is -2.08. The van der Waals surface area contributed by atoms with Crippen molar-refractivity contribution in [1.82, 2.24) is 9.97 Å². The lowest BCUT2D eigenvalue weighted by atomic mass is 10.1. The molecule has 0 aliphatic carbocycles. The Morgan fingerprint density at radius 2 is 2.10 bits per heavy atom. The summed E-state index contributed by atoms with van der Waals surface area (Å²) in [7, 11) is 3.16. The van der Waals surface area contributed by atoms with Crippen molar-refractivity contribution in [3.8, 4) is 5.75 Å². The predicted molar refractivity (Wildman–Crippen MR) is 81.6 cm³/mol. The summed E-state index contributed by atoms with van der Waals surface area (Å²) >= 11 is 5.99. The van der Waals surface area contributed by atoms with E-state index in [9.17, 15) is 4.39 Å². The van der Waals surface area contributed by atoms with Gasteiger partial charge in [0.2, 0.25) is 0 Å². The van der Waals surface area contributed by atoms with E-state index in [4.69, 9.17) is 16.3 Å². The van der Waals surface area contributed by atoms with Crippen LogP contribution < -0.4 is 15.4 Å². The number of anilines is 2. The summed E-state index contributed by atoms with van der Waals surface area (Å²) in [5.41, 5.74) is 1.37. The molecule has 1 heterocycles. The fourth-order valence-corrected chi connectivity index (χ4v) is 2.16. The minimum atomic E-state index is -0.404. The Balaban J connectivity index is 2.24. The highest BCUT2D eigenvalue weighted by atomic mass is 35.5. The minimum absolute atomic E-state index is 0.163. The first kappa shape index (κ1) is 15.3. The zero-order chi connectivity index (χ0) is 15.4. The normalized spacial score (nSPS) is 11.9. The van der Waals surface area contributed by atoms with Crippen LogP contribution in [0.1, 0.15) is 18.5 Å². The molecule has 1 atom stereocenters. The van der Waals surface area contributed by atoms with E-state index < -0.39 is 5.82 Å². The van der Waals surface area contributed by atoms with Crippen molar-refractivity contribution >= 4 is 23.1 Å². The van der Waals surface area contributed by atoms with Crippen molar-refractivity contribution < 1.29 is 9.13 Å². The molecule has 0 aliphatic heterocycles. The molecule has 0 fully saturated rings. The summed E-state index contributed by atoms with van der Waals surface area (Å²) in [4.78, 5) is 8.05. The van der Waals surface area contributed by atoms with Gasteiger partial charge in [-0.25, -0.2) is 14.4 Å². The number of benzene rings is 1. The van der Waals surface area contributed by atoms with Crippen LogP contribution in [-0.2, 0) is 0 Å². The average molecular weight is 311 g/mol. The molecule has 5 nitrogen and oxygen atoms in total. The second-order valence-corrected chi connectivity index (χ2v) is 4.76. The molecule has 2 N–H and O–H groups in total. The van der Waals surface area contributed by atoms with E-state index in [1.807, 2.05) is 6.92 Å². The van der Waals surface area contributed by atoms with E-state index in [0.29, 0.717) is 16.7 Å². The number of halogens is 2. The van der Waals surface area contributed by atoms with Gasteiger partial charge in [-0.2, -0.15) is 0 Å². The van der Waals surface area contributed by atoms with Crippen molar-refractivity contribution in [2.45, 2.75) is 13.0 Å². The Labute approximate surface area is 127 Å². The van der Waals surface area contributed by atoms with Gasteiger partial charge in [0.05, 0.1) is 13.2 Å². The maximum absolute atomic E-state index is 13.7. The van der Waals surface area contributed by atoms with Gasteiger partial charge >= 0.3 is 0 Å². The van der Waals surface area contributed by atoms with Crippen LogP contribution in [-0.4, -0.2) is 24.1 Å². The lowest BCUT2D eigenvalue weighted by Crippen LogP contribution is -2.11. The standard InChI is InChI=1S/C14H16ClFN4O/c1-8(9-4-5-11(21-3)10(16)6-9)20-14-12(17-2)13(15)18-7-19-14/h4-8,17H,1-3H3,(H,18,19,20). The van der Waals surface area contributed by atoms with Crippen LogP contribution in [0.5, 0.6) is 5.75 Å². The molecule has 7 heteroatoms. The van der Waals surface area contributed by atoms with E-state index in [1.54, 1.807) is 19.2 Å². The van der Waals surface area contributed by atoms with Crippen LogP contribution in [0.4, 0.5) is 15.9 Å². The van der Waals surface area contributed by atoms with Gasteiger partial charge in [0.15, 0.2) is 22.5 Å². The second-order valence-electron chi connectivity index (χ2n) is 4.40. The fraction of sp³-hybridized carbons (Fsp3) is 0.286. The van der Waals surface area contributed by atoms with Crippen LogP contribution in [0.3, 0.4) is 0 Å². The third-order valence-electron chi connectivity index (χ3n) is 3.08. The summed E-state index contributed by atoms with van der Waals surface area (Å²) in [6.45, 7) is 1.90. The van der Waals surface area contributed by atoms with Crippen LogP contribution >= 0.6 is 11.6 Å². The molecular weight excluding hydrogens is 295 g/mol. The van der Waals surface area contributed by atoms with Gasteiger partial charge in [0.1, 0.15) is 12.0 Å². The molecule has 1 aromatic carbocycles. The van der Waals surface area contributed by atoms with Crippen molar-refractivity contribution in [2.24, 2.45) is 0 Å². The van der Waals surface area contributed by atoms with Gasteiger partial charge in [-0.3, -0.25) is 0 Å². The molecule has 0 bridgehead atoms. The third kappa shape index (κ3) is 3.33. The summed E-state index contributed by atoms with van der Waals surface area (Å²) < 4.78 is 18.7. The molecule has 2 rings (SSSR count). The number of hydrogen-bond acceptors (Lipinski definition) is 5. The highest BCUT2D eigenvalue weighted by Crippen LogP contribution is 2.29. The molecule has 1 unspecified atom stereocenters. The molecule has 0 aliphatic rings. The van der Waals surface area contributed by atoms with E-state index in [-0.39, 0.29) is 11.8 Å². The quantitative estimate of drug-likeness (QED) is 0.828. The van der Waals surface area contributed by atoms with E-state index in [1.165, 1.54) is 19.5 Å². The summed E-state index contributed by atoms with van der Waals surface area (Å²) in [5, 5.41) is 6.44. The Bertz CT molecular complexity index is 638. The molecule has 1 aromatic heterocycles. The zero-order valence-corrected chi connectivity index (χ0v) is 12.7. The van der Waals surface area contributed by atoms with Crippen molar-refractivity contribution in [1.29, 1.82) is 0 Å². The van der Waals surface area contributed by atoms with Crippen LogP contribution in [0, 0.1) is 5.82 Å².